The molecule has 1 N–H and O–H groups in total. The fourth-order valence-corrected chi connectivity index (χ4v) is 1.36. The van der Waals surface area contributed by atoms with Crippen LogP contribution < -0.4 is 10.1 Å². The monoisotopic (exact) mass is 227 g/mol. The van der Waals surface area contributed by atoms with Gasteiger partial charge >= 0.3 is 0 Å². The molecule has 0 heterocycles. The van der Waals surface area contributed by atoms with Crippen LogP contribution >= 0.6 is 11.6 Å². The highest BCUT2D eigenvalue weighted by Gasteiger charge is 2.17. The second-order valence-electron chi connectivity index (χ2n) is 3.06. The Bertz CT molecular complexity index is 341. The summed E-state index contributed by atoms with van der Waals surface area (Å²) in [6.45, 7) is 1.89. The van der Waals surface area contributed by atoms with E-state index in [-0.39, 0.29) is 5.91 Å². The molecule has 0 aliphatic rings. The molecule has 1 amide bonds. The highest BCUT2D eigenvalue weighted by atomic mass is 35.5. The molecular weight excluding hydrogens is 214 g/mol. The molecule has 1 rings (SSSR count). The largest absolute Gasteiger partial charge is 0.479 e. The lowest BCUT2D eigenvalue weighted by Crippen LogP contribution is -2.35. The number of hydrogen-bond donors (Lipinski definition) is 1. The molecule has 0 aliphatic heterocycles. The topological polar surface area (TPSA) is 38.3 Å². The molecule has 0 bridgehead atoms. The summed E-state index contributed by atoms with van der Waals surface area (Å²) in [6, 6.07) is 7.11. The normalized spacial score (nSPS) is 11.9. The van der Waals surface area contributed by atoms with E-state index in [1.165, 1.54) is 0 Å². The van der Waals surface area contributed by atoms with Crippen LogP contribution in [0.5, 0.6) is 5.75 Å². The van der Waals surface area contributed by atoms with Crippen molar-refractivity contribution >= 4 is 17.5 Å². The first-order valence-corrected chi connectivity index (χ1v) is 5.19. The second-order valence-corrected chi connectivity index (χ2v) is 3.47. The van der Waals surface area contributed by atoms with Gasteiger partial charge in [-0.05, 0) is 18.6 Å². The number of rotatable bonds is 4. The molecule has 0 aromatic heterocycles. The van der Waals surface area contributed by atoms with Gasteiger partial charge in [-0.15, -0.1) is 0 Å². The van der Waals surface area contributed by atoms with Crippen molar-refractivity contribution in [3.63, 3.8) is 0 Å². The third-order valence-corrected chi connectivity index (χ3v) is 2.33. The summed E-state index contributed by atoms with van der Waals surface area (Å²) in [5, 5.41) is 3.06. The zero-order valence-corrected chi connectivity index (χ0v) is 9.54. The third-order valence-electron chi connectivity index (χ3n) is 2.02. The standard InChI is InChI=1S/C11H14ClNO2/c1-3-9(11(14)13-2)15-10-7-5-4-6-8(10)12/h4-7,9H,3H2,1-2H3,(H,13,14)/t9-/m0/s1. The number of hydrogen-bond acceptors (Lipinski definition) is 2. The zero-order valence-electron chi connectivity index (χ0n) is 8.79. The van der Waals surface area contributed by atoms with E-state index in [2.05, 4.69) is 5.32 Å². The maximum absolute atomic E-state index is 11.4. The van der Waals surface area contributed by atoms with Gasteiger partial charge in [0.05, 0.1) is 5.02 Å². The first kappa shape index (κ1) is 11.9. The molecule has 4 heteroatoms. The number of nitrogens with one attached hydrogen (secondary N) is 1. The second kappa shape index (κ2) is 5.61. The molecule has 1 aromatic rings. The summed E-state index contributed by atoms with van der Waals surface area (Å²) in [6.07, 6.45) is 0.111. The molecule has 15 heavy (non-hydrogen) atoms. The van der Waals surface area contributed by atoms with E-state index in [1.807, 2.05) is 19.1 Å². The van der Waals surface area contributed by atoms with E-state index >= 15 is 0 Å². The number of likely N-dealkylation sites (N-methyl/N-ethyl adjacent to an activating group) is 1. The van der Waals surface area contributed by atoms with Crippen molar-refractivity contribution in [3.05, 3.63) is 29.3 Å². The Morgan fingerprint density at radius 3 is 2.73 bits per heavy atom. The molecular formula is C11H14ClNO2. The Balaban J connectivity index is 2.75. The van der Waals surface area contributed by atoms with E-state index in [0.717, 1.165) is 0 Å². The predicted molar refractivity (Wildman–Crippen MR) is 60.2 cm³/mol. The van der Waals surface area contributed by atoms with E-state index < -0.39 is 6.10 Å². The molecule has 0 spiro atoms. The van der Waals surface area contributed by atoms with E-state index in [1.54, 1.807) is 19.2 Å². The van der Waals surface area contributed by atoms with Crippen LogP contribution in [0.25, 0.3) is 0 Å². The van der Waals surface area contributed by atoms with Gasteiger partial charge in [-0.25, -0.2) is 0 Å². The van der Waals surface area contributed by atoms with Crippen LogP contribution in [0.15, 0.2) is 24.3 Å². The van der Waals surface area contributed by atoms with Gasteiger partial charge in [0.1, 0.15) is 5.75 Å². The van der Waals surface area contributed by atoms with Gasteiger partial charge in [0.15, 0.2) is 6.10 Å². The Morgan fingerprint density at radius 1 is 1.53 bits per heavy atom. The quantitative estimate of drug-likeness (QED) is 0.857. The van der Waals surface area contributed by atoms with Crippen molar-refractivity contribution in [1.29, 1.82) is 0 Å². The summed E-state index contributed by atoms with van der Waals surface area (Å²) < 4.78 is 5.50. The maximum atomic E-state index is 11.4. The predicted octanol–water partition coefficient (Wildman–Crippen LogP) is 2.24. The van der Waals surface area contributed by atoms with Crippen molar-refractivity contribution in [3.8, 4) is 5.75 Å². The molecule has 0 fully saturated rings. The summed E-state index contributed by atoms with van der Waals surface area (Å²) in [7, 11) is 1.58. The van der Waals surface area contributed by atoms with E-state index in [4.69, 9.17) is 16.3 Å². The average Bonchev–Trinajstić information content (AvgIpc) is 2.27. The molecule has 1 atom stereocenters. The van der Waals surface area contributed by atoms with Gasteiger partial charge in [-0.3, -0.25) is 4.79 Å². The van der Waals surface area contributed by atoms with Crippen molar-refractivity contribution < 1.29 is 9.53 Å². The number of benzene rings is 1. The highest BCUT2D eigenvalue weighted by Crippen LogP contribution is 2.24. The van der Waals surface area contributed by atoms with Gasteiger partial charge in [0.25, 0.3) is 5.91 Å². The Hall–Kier alpha value is -1.22. The SMILES string of the molecule is CC[C@H](Oc1ccccc1Cl)C(=O)NC. The molecule has 0 radical (unpaired) electrons. The lowest BCUT2D eigenvalue weighted by Gasteiger charge is -2.16. The number of halogens is 1. The number of amides is 1. The van der Waals surface area contributed by atoms with Crippen molar-refractivity contribution in [1.82, 2.24) is 5.32 Å². The smallest absolute Gasteiger partial charge is 0.260 e. The average molecular weight is 228 g/mol. The minimum atomic E-state index is -0.491. The molecule has 0 saturated heterocycles. The van der Waals surface area contributed by atoms with Gasteiger partial charge in [0, 0.05) is 7.05 Å². The molecule has 1 aromatic carbocycles. The third kappa shape index (κ3) is 3.13. The molecule has 82 valence electrons. The molecule has 0 saturated carbocycles. The lowest BCUT2D eigenvalue weighted by molar-refractivity contribution is -0.127. The van der Waals surface area contributed by atoms with Crippen LogP contribution in [0.3, 0.4) is 0 Å². The molecule has 3 nitrogen and oxygen atoms in total. The van der Waals surface area contributed by atoms with E-state index in [0.29, 0.717) is 17.2 Å². The first-order chi connectivity index (χ1) is 7.19. The fourth-order valence-electron chi connectivity index (χ4n) is 1.18. The van der Waals surface area contributed by atoms with Crippen LogP contribution in [0, 0.1) is 0 Å². The zero-order chi connectivity index (χ0) is 11.3. The van der Waals surface area contributed by atoms with Gasteiger partial charge in [-0.2, -0.15) is 0 Å². The number of carbonyl (C=O) groups is 1. The summed E-state index contributed by atoms with van der Waals surface area (Å²) in [5.74, 6) is 0.395. The Kier molecular flexibility index (Phi) is 4.43. The summed E-state index contributed by atoms with van der Waals surface area (Å²) in [5.41, 5.74) is 0. The minimum Gasteiger partial charge on any atom is -0.479 e. The van der Waals surface area contributed by atoms with Crippen molar-refractivity contribution in [2.24, 2.45) is 0 Å². The van der Waals surface area contributed by atoms with E-state index in [9.17, 15) is 4.79 Å². The first-order valence-electron chi connectivity index (χ1n) is 4.81. The van der Waals surface area contributed by atoms with Crippen LogP contribution in [-0.4, -0.2) is 19.1 Å². The van der Waals surface area contributed by atoms with Crippen LogP contribution in [-0.2, 0) is 4.79 Å². The van der Waals surface area contributed by atoms with Crippen molar-refractivity contribution in [2.45, 2.75) is 19.4 Å². The van der Waals surface area contributed by atoms with Crippen molar-refractivity contribution in [2.75, 3.05) is 7.05 Å². The summed E-state index contributed by atoms with van der Waals surface area (Å²) >= 11 is 5.92. The Morgan fingerprint density at radius 2 is 2.20 bits per heavy atom. The van der Waals surface area contributed by atoms with Gasteiger partial charge in [-0.1, -0.05) is 30.7 Å². The maximum Gasteiger partial charge on any atom is 0.260 e. The fraction of sp³-hybridized carbons (Fsp3) is 0.364. The lowest BCUT2D eigenvalue weighted by atomic mass is 10.2. The van der Waals surface area contributed by atoms with Gasteiger partial charge < -0.3 is 10.1 Å². The number of ether oxygens (including phenoxy) is 1. The minimum absolute atomic E-state index is 0.141. The Labute approximate surface area is 94.4 Å². The number of carbonyl (C=O) groups excluding carboxylic acids is 1. The molecule has 0 aliphatic carbocycles. The van der Waals surface area contributed by atoms with Gasteiger partial charge in [0.2, 0.25) is 0 Å². The highest BCUT2D eigenvalue weighted by molar-refractivity contribution is 6.32. The van der Waals surface area contributed by atoms with Crippen LogP contribution in [0.2, 0.25) is 5.02 Å². The number of para-hydroxylation sites is 1. The molecule has 0 unspecified atom stereocenters. The van der Waals surface area contributed by atoms with Crippen LogP contribution in [0.4, 0.5) is 0 Å². The summed E-state index contributed by atoms with van der Waals surface area (Å²) in [4.78, 5) is 11.4. The van der Waals surface area contributed by atoms with Crippen LogP contribution in [0.1, 0.15) is 13.3 Å².